The molecule has 0 fully saturated rings. The number of halogens is 3. The first-order valence-electron chi connectivity index (χ1n) is 13.2. The van der Waals surface area contributed by atoms with Gasteiger partial charge in [0.05, 0.1) is 24.1 Å². The number of amides is 2. The van der Waals surface area contributed by atoms with Crippen molar-refractivity contribution in [2.45, 2.75) is 32.4 Å². The molecule has 6 rings (SSSR count). The molecule has 2 aromatic carbocycles. The lowest BCUT2D eigenvalue weighted by Crippen LogP contribution is -2.51. The van der Waals surface area contributed by atoms with Gasteiger partial charge >= 0.3 is 0 Å². The number of pyridine rings is 1. The van der Waals surface area contributed by atoms with E-state index in [1.54, 1.807) is 36.4 Å². The first-order valence-corrected chi connectivity index (χ1v) is 14.0. The fourth-order valence-corrected chi connectivity index (χ4v) is 6.14. The van der Waals surface area contributed by atoms with Gasteiger partial charge in [0.25, 0.3) is 11.8 Å². The van der Waals surface area contributed by atoms with Crippen LogP contribution in [0.2, 0.25) is 10.0 Å². The van der Waals surface area contributed by atoms with Crippen LogP contribution in [0.3, 0.4) is 0 Å². The number of aryl methyl sites for hydroxylation is 1. The minimum Gasteiger partial charge on any atom is -0.496 e. The molecular weight excluding hydrogens is 584 g/mol. The van der Waals surface area contributed by atoms with E-state index in [0.717, 1.165) is 5.56 Å². The Morgan fingerprint density at radius 1 is 1.10 bits per heavy atom. The Morgan fingerprint density at radius 2 is 1.83 bits per heavy atom. The van der Waals surface area contributed by atoms with Crippen LogP contribution in [0.25, 0.3) is 11.4 Å². The van der Waals surface area contributed by atoms with E-state index in [0.29, 0.717) is 49.8 Å². The van der Waals surface area contributed by atoms with Crippen LogP contribution in [0.4, 0.5) is 15.8 Å². The maximum Gasteiger partial charge on any atom is 0.280 e. The summed E-state index contributed by atoms with van der Waals surface area (Å²) in [6.07, 6.45) is 1.50. The third-order valence-electron chi connectivity index (χ3n) is 7.50. The highest BCUT2D eigenvalue weighted by molar-refractivity contribution is 6.32. The van der Waals surface area contributed by atoms with Crippen molar-refractivity contribution in [2.75, 3.05) is 30.6 Å². The number of imidazole rings is 1. The Kier molecular flexibility index (Phi) is 6.86. The molecule has 0 bridgehead atoms. The molecule has 1 unspecified atom stereocenters. The predicted octanol–water partition coefficient (Wildman–Crippen LogP) is 6.35. The summed E-state index contributed by atoms with van der Waals surface area (Å²) in [7, 11) is 1.48. The second kappa shape index (κ2) is 10.3. The molecule has 9 nitrogen and oxygen atoms in total. The zero-order valence-corrected chi connectivity index (χ0v) is 24.7. The van der Waals surface area contributed by atoms with E-state index in [-0.39, 0.29) is 24.2 Å². The smallest absolute Gasteiger partial charge is 0.280 e. The lowest BCUT2D eigenvalue weighted by atomic mass is 9.86. The van der Waals surface area contributed by atoms with E-state index in [9.17, 15) is 14.0 Å². The standard InChI is InChI=1S/C30H26Cl2FN5O4/c1-15(2)37-26-25(36-27(37)19-14-34-24(42-10-9-33)13-23(19)41-4)28(39)38(22-12-18(32)6-5-16(22)3)30(26)20-8-7-17(31)11-21(20)35-29(30)40/h5-8,11-15H,9-10H2,1-4H3,(H,35,40). The largest absolute Gasteiger partial charge is 0.496 e. The number of hydrogen-bond donors (Lipinski definition) is 1. The van der Waals surface area contributed by atoms with Crippen LogP contribution in [0.1, 0.15) is 47.2 Å². The molecule has 0 aliphatic carbocycles. The maximum atomic E-state index is 14.5. The fourth-order valence-electron chi connectivity index (χ4n) is 5.80. The van der Waals surface area contributed by atoms with E-state index in [1.165, 1.54) is 24.3 Å². The molecule has 4 heterocycles. The van der Waals surface area contributed by atoms with Gasteiger partial charge in [-0.1, -0.05) is 35.3 Å². The molecule has 0 saturated heterocycles. The van der Waals surface area contributed by atoms with Gasteiger partial charge in [-0.25, -0.2) is 14.4 Å². The summed E-state index contributed by atoms with van der Waals surface area (Å²) >= 11 is 12.7. The molecule has 2 aliphatic heterocycles. The van der Waals surface area contributed by atoms with Crippen LogP contribution >= 0.6 is 23.2 Å². The molecule has 2 aliphatic rings. The van der Waals surface area contributed by atoms with E-state index in [4.69, 9.17) is 37.7 Å². The lowest BCUT2D eigenvalue weighted by Gasteiger charge is -2.36. The topological polar surface area (TPSA) is 98.6 Å². The zero-order chi connectivity index (χ0) is 29.9. The molecular formula is C30H26Cl2FN5O4. The van der Waals surface area contributed by atoms with Gasteiger partial charge < -0.3 is 19.4 Å². The van der Waals surface area contributed by atoms with E-state index >= 15 is 0 Å². The molecule has 1 N–H and O–H groups in total. The van der Waals surface area contributed by atoms with Crippen molar-refractivity contribution in [2.24, 2.45) is 0 Å². The molecule has 1 atom stereocenters. The van der Waals surface area contributed by atoms with Crippen LogP contribution in [0.15, 0.2) is 48.7 Å². The molecule has 2 aromatic heterocycles. The van der Waals surface area contributed by atoms with Crippen LogP contribution < -0.4 is 19.7 Å². The average Bonchev–Trinajstić information content (AvgIpc) is 3.57. The number of methoxy groups -OCH3 is 1. The maximum absolute atomic E-state index is 14.5. The SMILES string of the molecule is COc1cc(OCCF)ncc1-c1nc2c(n1C(C)C)C1(C(=O)Nc3cc(Cl)ccc31)N(c1cc(Cl)ccc1C)C2=O. The monoisotopic (exact) mass is 609 g/mol. The quantitative estimate of drug-likeness (QED) is 0.262. The van der Waals surface area contributed by atoms with E-state index < -0.39 is 24.0 Å². The van der Waals surface area contributed by atoms with Crippen molar-refractivity contribution in [1.29, 1.82) is 0 Å². The van der Waals surface area contributed by atoms with Gasteiger partial charge in [0.2, 0.25) is 5.88 Å². The van der Waals surface area contributed by atoms with Crippen molar-refractivity contribution in [3.63, 3.8) is 0 Å². The molecule has 2 amide bonds. The van der Waals surface area contributed by atoms with E-state index in [1.807, 2.05) is 25.3 Å². The van der Waals surface area contributed by atoms with Gasteiger partial charge in [0, 0.05) is 39.6 Å². The Labute approximate surface area is 251 Å². The van der Waals surface area contributed by atoms with Gasteiger partial charge in [-0.3, -0.25) is 14.5 Å². The number of rotatable bonds is 7. The first kappa shape index (κ1) is 28.0. The summed E-state index contributed by atoms with van der Waals surface area (Å²) in [6, 6.07) is 11.6. The summed E-state index contributed by atoms with van der Waals surface area (Å²) in [4.78, 5) is 39.5. The minimum absolute atomic E-state index is 0.107. The lowest BCUT2D eigenvalue weighted by molar-refractivity contribution is -0.119. The number of benzene rings is 2. The summed E-state index contributed by atoms with van der Waals surface area (Å²) in [6.45, 7) is 4.90. The highest BCUT2D eigenvalue weighted by atomic mass is 35.5. The summed E-state index contributed by atoms with van der Waals surface area (Å²) < 4.78 is 25.5. The molecule has 4 aromatic rings. The van der Waals surface area contributed by atoms with E-state index in [2.05, 4.69) is 10.3 Å². The molecule has 0 radical (unpaired) electrons. The fraction of sp³-hybridized carbons (Fsp3) is 0.267. The van der Waals surface area contributed by atoms with Crippen LogP contribution in [-0.2, 0) is 10.3 Å². The third kappa shape index (κ3) is 3.96. The Bertz CT molecular complexity index is 1770. The minimum atomic E-state index is -1.62. The number of nitrogens with one attached hydrogen (secondary N) is 1. The second-order valence-electron chi connectivity index (χ2n) is 10.3. The number of hydrogen-bond acceptors (Lipinski definition) is 6. The van der Waals surface area contributed by atoms with Crippen molar-refractivity contribution in [3.8, 4) is 23.0 Å². The summed E-state index contributed by atoms with van der Waals surface area (Å²) in [5.41, 5.74) is 1.62. The number of carbonyl (C=O) groups is 2. The highest BCUT2D eigenvalue weighted by Crippen LogP contribution is 2.55. The number of alkyl halides is 1. The number of aromatic nitrogens is 3. The Morgan fingerprint density at radius 3 is 2.55 bits per heavy atom. The van der Waals surface area contributed by atoms with Gasteiger partial charge in [0.15, 0.2) is 11.2 Å². The van der Waals surface area contributed by atoms with Crippen molar-refractivity contribution < 1.29 is 23.5 Å². The van der Waals surface area contributed by atoms with Crippen molar-refractivity contribution in [1.82, 2.24) is 14.5 Å². The Balaban J connectivity index is 1.67. The van der Waals surface area contributed by atoms with Crippen molar-refractivity contribution >= 4 is 46.4 Å². The van der Waals surface area contributed by atoms with Crippen LogP contribution in [0, 0.1) is 6.92 Å². The van der Waals surface area contributed by atoms with Gasteiger partial charge in [0.1, 0.15) is 24.9 Å². The number of anilines is 2. The molecule has 42 heavy (non-hydrogen) atoms. The number of ether oxygens (including phenoxy) is 2. The highest BCUT2D eigenvalue weighted by Gasteiger charge is 2.64. The summed E-state index contributed by atoms with van der Waals surface area (Å²) in [5, 5.41) is 3.80. The van der Waals surface area contributed by atoms with Gasteiger partial charge in [-0.15, -0.1) is 0 Å². The number of carbonyl (C=O) groups excluding carboxylic acids is 2. The molecule has 216 valence electrons. The number of fused-ring (bicyclic) bond motifs is 4. The molecule has 1 spiro atoms. The second-order valence-corrected chi connectivity index (χ2v) is 11.2. The number of nitrogens with zero attached hydrogens (tertiary/aromatic N) is 4. The summed E-state index contributed by atoms with van der Waals surface area (Å²) in [5.74, 6) is 0.0151. The normalized spacial score (nSPS) is 17.2. The van der Waals surface area contributed by atoms with Crippen LogP contribution in [-0.4, -0.2) is 46.7 Å². The van der Waals surface area contributed by atoms with Gasteiger partial charge in [-0.05, 0) is 50.6 Å². The first-order chi connectivity index (χ1) is 20.1. The van der Waals surface area contributed by atoms with Gasteiger partial charge in [-0.2, -0.15) is 0 Å². The Hall–Kier alpha value is -4.15. The average molecular weight is 610 g/mol. The van der Waals surface area contributed by atoms with Crippen LogP contribution in [0.5, 0.6) is 11.6 Å². The third-order valence-corrected chi connectivity index (χ3v) is 7.97. The molecule has 0 saturated carbocycles. The van der Waals surface area contributed by atoms with Crippen molar-refractivity contribution in [3.05, 3.63) is 81.2 Å². The zero-order valence-electron chi connectivity index (χ0n) is 23.2. The molecule has 12 heteroatoms. The predicted molar refractivity (Wildman–Crippen MR) is 158 cm³/mol.